The average Bonchev–Trinajstić information content (AvgIpc) is 2.03. The lowest BCUT2D eigenvalue weighted by molar-refractivity contribution is 0.0696. The number of nitrogens with two attached hydrogens (primary N) is 1. The fraction of sp³-hybridized carbons (Fsp3) is 0.125. The Balaban J connectivity index is 3.28. The number of hydrogen-bond donors (Lipinski definition) is 3. The number of phenols is 1. The number of carboxylic acids is 1. The molecule has 0 aliphatic heterocycles. The molecule has 0 amide bonds. The van der Waals surface area contributed by atoms with E-state index in [0.29, 0.717) is 0 Å². The van der Waals surface area contributed by atoms with Gasteiger partial charge in [-0.3, -0.25) is 0 Å². The molecule has 0 aromatic heterocycles. The van der Waals surface area contributed by atoms with Crippen LogP contribution in [0, 0.1) is 0 Å². The van der Waals surface area contributed by atoms with E-state index in [1.165, 1.54) is 13.2 Å². The van der Waals surface area contributed by atoms with E-state index in [1.54, 1.807) is 0 Å². The number of phenolic OH excluding ortho intramolecular Hbond substituents is 1. The van der Waals surface area contributed by atoms with Gasteiger partial charge < -0.3 is 20.7 Å². The number of aromatic carboxylic acids is 1. The first-order chi connectivity index (χ1) is 6.06. The molecule has 0 fully saturated rings. The molecule has 0 bridgehead atoms. The molecule has 0 heterocycles. The highest BCUT2D eigenvalue weighted by Gasteiger charge is 2.11. The van der Waals surface area contributed by atoms with Gasteiger partial charge in [0.2, 0.25) is 0 Å². The summed E-state index contributed by atoms with van der Waals surface area (Å²) in [4.78, 5) is 10.5. The van der Waals surface area contributed by atoms with Crippen molar-refractivity contribution in [3.8, 4) is 11.5 Å². The number of benzene rings is 1. The predicted octanol–water partition coefficient (Wildman–Crippen LogP) is 0.681. The molecule has 5 heteroatoms. The molecule has 5 nitrogen and oxygen atoms in total. The normalized spacial score (nSPS) is 9.62. The van der Waals surface area contributed by atoms with Crippen molar-refractivity contribution >= 4 is 11.7 Å². The average molecular weight is 183 g/mol. The van der Waals surface area contributed by atoms with Gasteiger partial charge >= 0.3 is 5.97 Å². The van der Waals surface area contributed by atoms with Crippen LogP contribution in [0.2, 0.25) is 0 Å². The minimum Gasteiger partial charge on any atom is -0.504 e. The SMILES string of the molecule is COc1c(N)cc(C(=O)O)cc1O. The zero-order valence-electron chi connectivity index (χ0n) is 6.94. The fourth-order valence-corrected chi connectivity index (χ4v) is 0.981. The Bertz CT molecular complexity index is 325. The lowest BCUT2D eigenvalue weighted by Crippen LogP contribution is -2.00. The maximum atomic E-state index is 10.5. The van der Waals surface area contributed by atoms with Crippen LogP contribution in [-0.4, -0.2) is 23.3 Å². The lowest BCUT2D eigenvalue weighted by atomic mass is 10.2. The second kappa shape index (κ2) is 3.22. The molecule has 1 aromatic rings. The van der Waals surface area contributed by atoms with Crippen molar-refractivity contribution in [3.05, 3.63) is 17.7 Å². The lowest BCUT2D eigenvalue weighted by Gasteiger charge is -2.07. The molecule has 0 unspecified atom stereocenters. The number of anilines is 1. The molecule has 1 rings (SSSR count). The highest BCUT2D eigenvalue weighted by atomic mass is 16.5. The minimum atomic E-state index is -1.15. The second-order valence-corrected chi connectivity index (χ2v) is 2.42. The molecule has 0 saturated carbocycles. The molecule has 0 aliphatic carbocycles. The van der Waals surface area contributed by atoms with Gasteiger partial charge in [-0.05, 0) is 12.1 Å². The summed E-state index contributed by atoms with van der Waals surface area (Å²) in [6, 6.07) is 2.30. The van der Waals surface area contributed by atoms with Gasteiger partial charge in [0.25, 0.3) is 0 Å². The number of methoxy groups -OCH3 is 1. The molecule has 0 aliphatic rings. The summed E-state index contributed by atoms with van der Waals surface area (Å²) in [5, 5.41) is 17.8. The number of carbonyl (C=O) groups is 1. The third kappa shape index (κ3) is 1.64. The quantitative estimate of drug-likeness (QED) is 0.586. The van der Waals surface area contributed by atoms with Crippen LogP contribution in [0.15, 0.2) is 12.1 Å². The summed E-state index contributed by atoms with van der Waals surface area (Å²) in [6.45, 7) is 0. The molecular weight excluding hydrogens is 174 g/mol. The van der Waals surface area contributed by atoms with Crippen LogP contribution in [0.1, 0.15) is 10.4 Å². The largest absolute Gasteiger partial charge is 0.504 e. The zero-order valence-corrected chi connectivity index (χ0v) is 6.94. The van der Waals surface area contributed by atoms with Gasteiger partial charge in [0.15, 0.2) is 11.5 Å². The molecule has 70 valence electrons. The Hall–Kier alpha value is -1.91. The van der Waals surface area contributed by atoms with Crippen LogP contribution in [0.4, 0.5) is 5.69 Å². The Morgan fingerprint density at radius 1 is 1.54 bits per heavy atom. The van der Waals surface area contributed by atoms with Crippen LogP contribution >= 0.6 is 0 Å². The number of ether oxygens (including phenoxy) is 1. The number of hydrogen-bond acceptors (Lipinski definition) is 4. The highest BCUT2D eigenvalue weighted by Crippen LogP contribution is 2.33. The monoisotopic (exact) mass is 183 g/mol. The van der Waals surface area contributed by atoms with Crippen molar-refractivity contribution in [2.24, 2.45) is 0 Å². The topological polar surface area (TPSA) is 92.8 Å². The van der Waals surface area contributed by atoms with Crippen molar-refractivity contribution < 1.29 is 19.7 Å². The molecule has 1 aromatic carbocycles. The van der Waals surface area contributed by atoms with Gasteiger partial charge in [-0.25, -0.2) is 4.79 Å². The van der Waals surface area contributed by atoms with E-state index in [9.17, 15) is 9.90 Å². The maximum absolute atomic E-state index is 10.5. The van der Waals surface area contributed by atoms with Crippen molar-refractivity contribution in [2.75, 3.05) is 12.8 Å². The molecule has 0 saturated heterocycles. The van der Waals surface area contributed by atoms with Gasteiger partial charge in [0.05, 0.1) is 18.4 Å². The molecule has 13 heavy (non-hydrogen) atoms. The van der Waals surface area contributed by atoms with Gasteiger partial charge in [0.1, 0.15) is 0 Å². The molecule has 0 spiro atoms. The molecule has 0 radical (unpaired) electrons. The Kier molecular flexibility index (Phi) is 2.27. The van der Waals surface area contributed by atoms with E-state index in [4.69, 9.17) is 15.6 Å². The van der Waals surface area contributed by atoms with E-state index in [-0.39, 0.29) is 22.7 Å². The van der Waals surface area contributed by atoms with Crippen molar-refractivity contribution in [1.82, 2.24) is 0 Å². The summed E-state index contributed by atoms with van der Waals surface area (Å²) in [6.07, 6.45) is 0. The van der Waals surface area contributed by atoms with Crippen LogP contribution in [0.25, 0.3) is 0 Å². The number of rotatable bonds is 2. The Morgan fingerprint density at radius 3 is 2.54 bits per heavy atom. The fourth-order valence-electron chi connectivity index (χ4n) is 0.981. The number of aromatic hydroxyl groups is 1. The first-order valence-corrected chi connectivity index (χ1v) is 3.46. The number of nitrogen functional groups attached to an aromatic ring is 1. The van der Waals surface area contributed by atoms with Gasteiger partial charge in [0, 0.05) is 0 Å². The maximum Gasteiger partial charge on any atom is 0.335 e. The second-order valence-electron chi connectivity index (χ2n) is 2.42. The van der Waals surface area contributed by atoms with E-state index in [0.717, 1.165) is 6.07 Å². The first kappa shape index (κ1) is 9.18. The van der Waals surface area contributed by atoms with Crippen molar-refractivity contribution in [3.63, 3.8) is 0 Å². The minimum absolute atomic E-state index is 0.0733. The zero-order chi connectivity index (χ0) is 10.0. The first-order valence-electron chi connectivity index (χ1n) is 3.46. The number of carboxylic acid groups (broad SMARTS) is 1. The van der Waals surface area contributed by atoms with Crippen LogP contribution in [0.5, 0.6) is 11.5 Å². The van der Waals surface area contributed by atoms with Crippen LogP contribution < -0.4 is 10.5 Å². The molecule has 0 atom stereocenters. The van der Waals surface area contributed by atoms with Crippen LogP contribution in [-0.2, 0) is 0 Å². The van der Waals surface area contributed by atoms with E-state index in [2.05, 4.69) is 0 Å². The molecule has 4 N–H and O–H groups in total. The summed E-state index contributed by atoms with van der Waals surface area (Å²) in [5.74, 6) is -1.34. The summed E-state index contributed by atoms with van der Waals surface area (Å²) in [5.41, 5.74) is 5.45. The van der Waals surface area contributed by atoms with E-state index < -0.39 is 5.97 Å². The van der Waals surface area contributed by atoms with Gasteiger partial charge in [-0.1, -0.05) is 0 Å². The Labute approximate surface area is 74.4 Å². The third-order valence-electron chi connectivity index (χ3n) is 1.55. The summed E-state index contributed by atoms with van der Waals surface area (Å²) >= 11 is 0. The van der Waals surface area contributed by atoms with Crippen molar-refractivity contribution in [1.29, 1.82) is 0 Å². The predicted molar refractivity (Wildman–Crippen MR) is 46.0 cm³/mol. The van der Waals surface area contributed by atoms with Gasteiger partial charge in [-0.2, -0.15) is 0 Å². The summed E-state index contributed by atoms with van der Waals surface area (Å²) in [7, 11) is 1.34. The van der Waals surface area contributed by atoms with E-state index in [1.807, 2.05) is 0 Å². The van der Waals surface area contributed by atoms with Crippen molar-refractivity contribution in [2.45, 2.75) is 0 Å². The smallest absolute Gasteiger partial charge is 0.335 e. The highest BCUT2D eigenvalue weighted by molar-refractivity contribution is 5.90. The van der Waals surface area contributed by atoms with Crippen LogP contribution in [0.3, 0.4) is 0 Å². The standard InChI is InChI=1S/C8H9NO4/c1-13-7-5(9)2-4(8(11)12)3-6(7)10/h2-3,10H,9H2,1H3,(H,11,12). The summed E-state index contributed by atoms with van der Waals surface area (Å²) < 4.78 is 4.74. The Morgan fingerprint density at radius 2 is 2.15 bits per heavy atom. The molecular formula is C8H9NO4. The van der Waals surface area contributed by atoms with E-state index >= 15 is 0 Å². The van der Waals surface area contributed by atoms with Gasteiger partial charge in [-0.15, -0.1) is 0 Å². The third-order valence-corrected chi connectivity index (χ3v) is 1.55.